The van der Waals surface area contributed by atoms with Gasteiger partial charge < -0.3 is 5.11 Å². The second kappa shape index (κ2) is 4.75. The number of aliphatic hydroxyl groups excluding tert-OH is 1. The van der Waals surface area contributed by atoms with Crippen molar-refractivity contribution in [2.75, 3.05) is 26.2 Å². The fourth-order valence-electron chi connectivity index (χ4n) is 1.66. The lowest BCUT2D eigenvalue weighted by Crippen LogP contribution is -2.53. The number of aliphatic hydroxyl groups is 1. The van der Waals surface area contributed by atoms with Crippen LogP contribution >= 0.6 is 0 Å². The lowest BCUT2D eigenvalue weighted by atomic mass is 10.3. The molecule has 90 valence electrons. The van der Waals surface area contributed by atoms with Gasteiger partial charge in [0.05, 0.1) is 0 Å². The number of rotatable bonds is 3. The van der Waals surface area contributed by atoms with Crippen molar-refractivity contribution in [3.8, 4) is 0 Å². The average Bonchev–Trinajstić information content (AvgIpc) is 2.15. The van der Waals surface area contributed by atoms with E-state index in [2.05, 4.69) is 0 Å². The summed E-state index contributed by atoms with van der Waals surface area (Å²) in [6.07, 6.45) is -0.506. The highest BCUT2D eigenvalue weighted by molar-refractivity contribution is 7.86. The van der Waals surface area contributed by atoms with Crippen molar-refractivity contribution in [3.05, 3.63) is 0 Å². The molecule has 7 heteroatoms. The highest BCUT2D eigenvalue weighted by atomic mass is 32.2. The normalized spacial score (nSPS) is 25.1. The summed E-state index contributed by atoms with van der Waals surface area (Å²) in [5.74, 6) is 0. The zero-order chi connectivity index (χ0) is 11.6. The molecule has 0 radical (unpaired) electrons. The largest absolute Gasteiger partial charge is 0.379 e. The van der Waals surface area contributed by atoms with Crippen LogP contribution in [0.15, 0.2) is 0 Å². The third kappa shape index (κ3) is 3.39. The van der Waals surface area contributed by atoms with Crippen molar-refractivity contribution in [2.24, 2.45) is 0 Å². The molecule has 0 aromatic carbocycles. The molecule has 0 aliphatic carbocycles. The maximum atomic E-state index is 10.9. The van der Waals surface area contributed by atoms with Crippen molar-refractivity contribution >= 4 is 10.1 Å². The van der Waals surface area contributed by atoms with E-state index < -0.39 is 21.7 Å². The summed E-state index contributed by atoms with van der Waals surface area (Å²) in [5.41, 5.74) is 0. The van der Waals surface area contributed by atoms with Crippen molar-refractivity contribution in [1.29, 1.82) is 0 Å². The maximum Gasteiger partial charge on any atom is 0.280 e. The van der Waals surface area contributed by atoms with Crippen molar-refractivity contribution in [1.82, 2.24) is 9.80 Å². The molecule has 1 fully saturated rings. The first kappa shape index (κ1) is 12.9. The van der Waals surface area contributed by atoms with E-state index in [1.165, 1.54) is 6.92 Å². The molecule has 0 bridgehead atoms. The third-order valence-corrected chi connectivity index (χ3v) is 3.98. The monoisotopic (exact) mass is 238 g/mol. The SMILES string of the molecule is CC(O)N1CCN(C(C)S(=O)(=O)O)CC1. The summed E-state index contributed by atoms with van der Waals surface area (Å²) in [6, 6.07) is 0. The Morgan fingerprint density at radius 3 is 1.80 bits per heavy atom. The first-order valence-electron chi connectivity index (χ1n) is 4.95. The van der Waals surface area contributed by atoms with E-state index in [1.54, 1.807) is 11.8 Å². The van der Waals surface area contributed by atoms with Gasteiger partial charge in [0, 0.05) is 26.2 Å². The van der Waals surface area contributed by atoms with Gasteiger partial charge in [-0.3, -0.25) is 14.4 Å². The molecule has 0 spiro atoms. The molecule has 1 rings (SSSR count). The quantitative estimate of drug-likeness (QED) is 0.625. The molecule has 1 aliphatic rings. The number of hydrogen-bond donors (Lipinski definition) is 2. The molecule has 0 amide bonds. The van der Waals surface area contributed by atoms with Crippen LogP contribution in [0.25, 0.3) is 0 Å². The molecule has 0 saturated carbocycles. The van der Waals surface area contributed by atoms with Crippen LogP contribution in [0.2, 0.25) is 0 Å². The Bertz CT molecular complexity index is 296. The molecule has 2 unspecified atom stereocenters. The minimum absolute atomic E-state index is 0.506. The Labute approximate surface area is 90.2 Å². The Balaban J connectivity index is 2.51. The van der Waals surface area contributed by atoms with Crippen molar-refractivity contribution in [2.45, 2.75) is 25.4 Å². The van der Waals surface area contributed by atoms with Crippen LogP contribution in [0.5, 0.6) is 0 Å². The van der Waals surface area contributed by atoms with Gasteiger partial charge in [0.25, 0.3) is 10.1 Å². The Morgan fingerprint density at radius 2 is 1.47 bits per heavy atom. The highest BCUT2D eigenvalue weighted by Crippen LogP contribution is 2.11. The summed E-state index contributed by atoms with van der Waals surface area (Å²) >= 11 is 0. The molecule has 2 N–H and O–H groups in total. The predicted molar refractivity (Wildman–Crippen MR) is 55.8 cm³/mol. The van der Waals surface area contributed by atoms with Gasteiger partial charge in [-0.1, -0.05) is 0 Å². The number of piperazine rings is 1. The van der Waals surface area contributed by atoms with Crippen LogP contribution in [-0.4, -0.2) is 65.7 Å². The lowest BCUT2D eigenvalue weighted by molar-refractivity contribution is -0.0146. The van der Waals surface area contributed by atoms with Gasteiger partial charge in [-0.15, -0.1) is 0 Å². The minimum atomic E-state index is -4.00. The predicted octanol–water partition coefficient (Wildman–Crippen LogP) is -0.824. The molecule has 0 aromatic rings. The van der Waals surface area contributed by atoms with Crippen LogP contribution in [0.1, 0.15) is 13.8 Å². The zero-order valence-corrected chi connectivity index (χ0v) is 9.81. The molecular formula is C8H18N2O4S. The Morgan fingerprint density at radius 1 is 1.07 bits per heavy atom. The van der Waals surface area contributed by atoms with E-state index >= 15 is 0 Å². The molecule has 2 atom stereocenters. The number of nitrogens with zero attached hydrogens (tertiary/aromatic N) is 2. The second-order valence-electron chi connectivity index (χ2n) is 3.82. The van der Waals surface area contributed by atoms with E-state index in [-0.39, 0.29) is 0 Å². The molecule has 1 aliphatic heterocycles. The lowest BCUT2D eigenvalue weighted by Gasteiger charge is -2.37. The van der Waals surface area contributed by atoms with Crippen molar-refractivity contribution in [3.63, 3.8) is 0 Å². The first-order chi connectivity index (χ1) is 6.82. The van der Waals surface area contributed by atoms with Gasteiger partial charge in [-0.25, -0.2) is 0 Å². The molecule has 15 heavy (non-hydrogen) atoms. The van der Waals surface area contributed by atoms with Crippen LogP contribution in [0.3, 0.4) is 0 Å². The van der Waals surface area contributed by atoms with Crippen LogP contribution in [0, 0.1) is 0 Å². The minimum Gasteiger partial charge on any atom is -0.379 e. The molecule has 0 aromatic heterocycles. The molecule has 1 heterocycles. The molecular weight excluding hydrogens is 220 g/mol. The smallest absolute Gasteiger partial charge is 0.280 e. The van der Waals surface area contributed by atoms with Gasteiger partial charge in [-0.2, -0.15) is 8.42 Å². The van der Waals surface area contributed by atoms with Crippen molar-refractivity contribution < 1.29 is 18.1 Å². The Hall–Kier alpha value is -0.210. The Kier molecular flexibility index (Phi) is 4.07. The summed E-state index contributed by atoms with van der Waals surface area (Å²) < 4.78 is 30.7. The van der Waals surface area contributed by atoms with Gasteiger partial charge in [0.1, 0.15) is 11.6 Å². The molecule has 6 nitrogen and oxygen atoms in total. The van der Waals surface area contributed by atoms with Crippen LogP contribution in [0.4, 0.5) is 0 Å². The summed E-state index contributed by atoms with van der Waals surface area (Å²) in [5, 5.41) is 8.43. The van der Waals surface area contributed by atoms with Gasteiger partial charge >= 0.3 is 0 Å². The maximum absolute atomic E-state index is 10.9. The van der Waals surface area contributed by atoms with E-state index in [4.69, 9.17) is 4.55 Å². The summed E-state index contributed by atoms with van der Waals surface area (Å²) in [7, 11) is -4.00. The van der Waals surface area contributed by atoms with Crippen LogP contribution in [-0.2, 0) is 10.1 Å². The van der Waals surface area contributed by atoms with E-state index in [0.717, 1.165) is 0 Å². The molecule has 1 saturated heterocycles. The topological polar surface area (TPSA) is 81.1 Å². The van der Waals surface area contributed by atoms with Gasteiger partial charge in [0.15, 0.2) is 0 Å². The fraction of sp³-hybridized carbons (Fsp3) is 1.00. The number of hydrogen-bond acceptors (Lipinski definition) is 5. The third-order valence-electron chi connectivity index (χ3n) is 2.82. The zero-order valence-electron chi connectivity index (χ0n) is 9.00. The average molecular weight is 238 g/mol. The van der Waals surface area contributed by atoms with E-state index in [9.17, 15) is 13.5 Å². The summed E-state index contributed by atoms with van der Waals surface area (Å²) in [4.78, 5) is 3.54. The standard InChI is InChI=1S/C8H18N2O4S/c1-7(11)9-3-5-10(6-4-9)8(2)15(12,13)14/h7-8,11H,3-6H2,1-2H3,(H,12,13,14). The fourth-order valence-corrected chi connectivity index (χ4v) is 2.25. The van der Waals surface area contributed by atoms with E-state index in [1.807, 2.05) is 4.90 Å². The first-order valence-corrected chi connectivity index (χ1v) is 6.45. The van der Waals surface area contributed by atoms with E-state index in [0.29, 0.717) is 26.2 Å². The van der Waals surface area contributed by atoms with Gasteiger partial charge in [-0.05, 0) is 13.8 Å². The second-order valence-corrected chi connectivity index (χ2v) is 5.53. The highest BCUT2D eigenvalue weighted by Gasteiger charge is 2.29. The summed E-state index contributed by atoms with van der Waals surface area (Å²) in [6.45, 7) is 5.43. The van der Waals surface area contributed by atoms with Crippen LogP contribution < -0.4 is 0 Å². The van der Waals surface area contributed by atoms with Gasteiger partial charge in [0.2, 0.25) is 0 Å².